The normalized spacial score (nSPS) is 11.1. The molecule has 0 radical (unpaired) electrons. The fourth-order valence-corrected chi connectivity index (χ4v) is 3.17. The van der Waals surface area contributed by atoms with Gasteiger partial charge in [0.15, 0.2) is 0 Å². The molecular weight excluding hydrogens is 437 g/mol. The Balaban J connectivity index is 1.69. The minimum atomic E-state index is -0.300. The van der Waals surface area contributed by atoms with Crippen molar-refractivity contribution in [3.63, 3.8) is 0 Å². The lowest BCUT2D eigenvalue weighted by Crippen LogP contribution is -2.07. The second kappa shape index (κ2) is 8.12. The Morgan fingerprint density at radius 3 is 2.62 bits per heavy atom. The fourth-order valence-electron chi connectivity index (χ4n) is 2.27. The topological polar surface area (TPSA) is 42.2 Å². The van der Waals surface area contributed by atoms with Crippen molar-refractivity contribution in [2.75, 3.05) is 5.32 Å². The highest BCUT2D eigenvalue weighted by molar-refractivity contribution is 9.10. The van der Waals surface area contributed by atoms with E-state index in [1.54, 1.807) is 30.3 Å². The molecule has 0 spiro atoms. The highest BCUT2D eigenvalue weighted by Gasteiger charge is 2.07. The summed E-state index contributed by atoms with van der Waals surface area (Å²) >= 11 is 15.6. The van der Waals surface area contributed by atoms with Crippen LogP contribution in [-0.4, -0.2) is 5.91 Å². The van der Waals surface area contributed by atoms with Gasteiger partial charge in [-0.3, -0.25) is 4.79 Å². The molecule has 0 atom stereocenters. The van der Waals surface area contributed by atoms with Crippen molar-refractivity contribution in [1.82, 2.24) is 0 Å². The summed E-state index contributed by atoms with van der Waals surface area (Å²) in [5.74, 6) is 0.946. The smallest absolute Gasteiger partial charge is 0.248 e. The van der Waals surface area contributed by atoms with Crippen LogP contribution in [0.15, 0.2) is 63.5 Å². The first-order chi connectivity index (χ1) is 12.4. The van der Waals surface area contributed by atoms with Crippen molar-refractivity contribution < 1.29 is 9.21 Å². The number of nitrogens with one attached hydrogen (secondary N) is 1. The highest BCUT2D eigenvalue weighted by Crippen LogP contribution is 2.28. The van der Waals surface area contributed by atoms with Crippen LogP contribution in [0.4, 0.5) is 5.69 Å². The lowest BCUT2D eigenvalue weighted by Gasteiger charge is -2.04. The van der Waals surface area contributed by atoms with Crippen molar-refractivity contribution in [2.45, 2.75) is 6.92 Å². The van der Waals surface area contributed by atoms with Crippen LogP contribution < -0.4 is 5.32 Å². The minimum Gasteiger partial charge on any atom is -0.457 e. The molecule has 0 saturated heterocycles. The third kappa shape index (κ3) is 4.58. The van der Waals surface area contributed by atoms with Gasteiger partial charge in [0, 0.05) is 21.1 Å². The molecule has 0 saturated carbocycles. The number of benzene rings is 2. The Morgan fingerprint density at radius 1 is 1.08 bits per heavy atom. The van der Waals surface area contributed by atoms with Crippen LogP contribution in [0.3, 0.4) is 0 Å². The van der Waals surface area contributed by atoms with Gasteiger partial charge in [0.25, 0.3) is 0 Å². The number of carbonyl (C=O) groups excluding carboxylic acids is 1. The lowest BCUT2D eigenvalue weighted by molar-refractivity contribution is -0.111. The maximum Gasteiger partial charge on any atom is 0.248 e. The van der Waals surface area contributed by atoms with Gasteiger partial charge in [-0.25, -0.2) is 0 Å². The molecule has 1 amide bonds. The quantitative estimate of drug-likeness (QED) is 0.435. The zero-order chi connectivity index (χ0) is 18.7. The number of aryl methyl sites for hydroxylation is 1. The number of rotatable bonds is 4. The van der Waals surface area contributed by atoms with Gasteiger partial charge in [0.05, 0.1) is 10.7 Å². The van der Waals surface area contributed by atoms with Gasteiger partial charge in [-0.15, -0.1) is 0 Å². The van der Waals surface area contributed by atoms with E-state index in [2.05, 4.69) is 21.2 Å². The molecule has 0 bridgehead atoms. The Morgan fingerprint density at radius 2 is 1.88 bits per heavy atom. The van der Waals surface area contributed by atoms with Crippen LogP contribution in [0, 0.1) is 6.92 Å². The van der Waals surface area contributed by atoms with Gasteiger partial charge in [-0.05, 0) is 55.0 Å². The summed E-state index contributed by atoms with van der Waals surface area (Å²) in [5.41, 5.74) is 2.43. The number of hydrogen-bond acceptors (Lipinski definition) is 2. The van der Waals surface area contributed by atoms with Gasteiger partial charge in [0.2, 0.25) is 5.91 Å². The van der Waals surface area contributed by atoms with E-state index in [1.807, 2.05) is 31.2 Å². The van der Waals surface area contributed by atoms with Crippen LogP contribution in [0.2, 0.25) is 10.0 Å². The van der Waals surface area contributed by atoms with Gasteiger partial charge >= 0.3 is 0 Å². The lowest BCUT2D eigenvalue weighted by atomic mass is 10.1. The molecule has 2 aromatic carbocycles. The van der Waals surface area contributed by atoms with Crippen LogP contribution in [0.1, 0.15) is 11.3 Å². The molecule has 0 aliphatic heterocycles. The monoisotopic (exact) mass is 449 g/mol. The van der Waals surface area contributed by atoms with Crippen LogP contribution in [-0.2, 0) is 4.79 Å². The summed E-state index contributed by atoms with van der Waals surface area (Å²) in [4.78, 5) is 12.1. The number of carbonyl (C=O) groups is 1. The van der Waals surface area contributed by atoms with E-state index in [1.165, 1.54) is 6.08 Å². The predicted molar refractivity (Wildman–Crippen MR) is 111 cm³/mol. The first-order valence-electron chi connectivity index (χ1n) is 7.73. The van der Waals surface area contributed by atoms with E-state index in [9.17, 15) is 4.79 Å². The number of anilines is 1. The van der Waals surface area contributed by atoms with E-state index in [4.69, 9.17) is 27.6 Å². The summed E-state index contributed by atoms with van der Waals surface area (Å²) in [6, 6.07) is 14.6. The molecule has 1 N–H and O–H groups in total. The molecule has 0 aliphatic rings. The van der Waals surface area contributed by atoms with E-state index in [0.29, 0.717) is 27.3 Å². The first kappa shape index (κ1) is 18.8. The second-order valence-electron chi connectivity index (χ2n) is 5.61. The zero-order valence-corrected chi connectivity index (χ0v) is 16.8. The standard InChI is InChI=1S/C20H14BrCl2NO2/c1-12-2-3-13(10-16(12)22)19-8-5-15(26-19)6-9-20(25)24-18-7-4-14(21)11-17(18)23/h2-11H,1H3,(H,24,25)/b9-6+. The molecule has 0 fully saturated rings. The molecule has 3 rings (SSSR count). The van der Waals surface area contributed by atoms with Crippen LogP contribution in [0.25, 0.3) is 17.4 Å². The van der Waals surface area contributed by atoms with Crippen LogP contribution in [0.5, 0.6) is 0 Å². The molecule has 0 aliphatic carbocycles. The number of hydrogen-bond donors (Lipinski definition) is 1. The Labute approximate surface area is 169 Å². The van der Waals surface area contributed by atoms with Crippen molar-refractivity contribution in [1.29, 1.82) is 0 Å². The van der Waals surface area contributed by atoms with Crippen LogP contribution >= 0.6 is 39.1 Å². The minimum absolute atomic E-state index is 0.300. The molecule has 26 heavy (non-hydrogen) atoms. The molecule has 132 valence electrons. The average Bonchev–Trinajstić information content (AvgIpc) is 3.07. The van der Waals surface area contributed by atoms with Gasteiger partial charge in [-0.1, -0.05) is 51.3 Å². The zero-order valence-electron chi connectivity index (χ0n) is 13.7. The SMILES string of the molecule is Cc1ccc(-c2ccc(/C=C/C(=O)Nc3ccc(Br)cc3Cl)o2)cc1Cl. The molecule has 1 aromatic heterocycles. The maximum atomic E-state index is 12.1. The summed E-state index contributed by atoms with van der Waals surface area (Å²) in [5, 5.41) is 3.86. The number of amides is 1. The second-order valence-corrected chi connectivity index (χ2v) is 7.34. The summed E-state index contributed by atoms with van der Waals surface area (Å²) < 4.78 is 6.59. The van der Waals surface area contributed by atoms with Crippen molar-refractivity contribution in [3.05, 3.63) is 80.4 Å². The Bertz CT molecular complexity index is 995. The molecule has 0 unspecified atom stereocenters. The van der Waals surface area contributed by atoms with E-state index in [-0.39, 0.29) is 5.91 Å². The average molecular weight is 451 g/mol. The molecule has 3 nitrogen and oxygen atoms in total. The van der Waals surface area contributed by atoms with E-state index in [0.717, 1.165) is 15.6 Å². The Hall–Kier alpha value is -2.01. The van der Waals surface area contributed by atoms with Gasteiger partial charge in [0.1, 0.15) is 11.5 Å². The fraction of sp³-hybridized carbons (Fsp3) is 0.0500. The van der Waals surface area contributed by atoms with Crippen molar-refractivity contribution in [3.8, 4) is 11.3 Å². The number of halogens is 3. The molecule has 1 heterocycles. The summed E-state index contributed by atoms with van der Waals surface area (Å²) in [7, 11) is 0. The highest BCUT2D eigenvalue weighted by atomic mass is 79.9. The van der Waals surface area contributed by atoms with E-state index >= 15 is 0 Å². The third-order valence-corrected chi connectivity index (χ3v) is 4.88. The number of furan rings is 1. The summed E-state index contributed by atoms with van der Waals surface area (Å²) in [6.45, 7) is 1.94. The third-order valence-electron chi connectivity index (χ3n) is 3.67. The predicted octanol–water partition coefficient (Wildman–Crippen LogP) is 6.98. The van der Waals surface area contributed by atoms with E-state index < -0.39 is 0 Å². The van der Waals surface area contributed by atoms with Crippen molar-refractivity contribution >= 4 is 56.8 Å². The van der Waals surface area contributed by atoms with Crippen molar-refractivity contribution in [2.24, 2.45) is 0 Å². The largest absolute Gasteiger partial charge is 0.457 e. The molecule has 3 aromatic rings. The Kier molecular flexibility index (Phi) is 5.87. The van der Waals surface area contributed by atoms with Gasteiger partial charge < -0.3 is 9.73 Å². The summed E-state index contributed by atoms with van der Waals surface area (Å²) in [6.07, 6.45) is 2.99. The maximum absolute atomic E-state index is 12.1. The first-order valence-corrected chi connectivity index (χ1v) is 9.28. The van der Waals surface area contributed by atoms with Gasteiger partial charge in [-0.2, -0.15) is 0 Å². The molecule has 6 heteroatoms. The molecular formula is C20H14BrCl2NO2.